The fraction of sp³-hybridized carbons (Fsp3) is 0.913. The molecule has 9 N–H and O–H groups in total. The second kappa shape index (κ2) is 9.04. The number of nitrogens with one attached hydrogen (secondary N) is 2. The standard InChI is InChI=1S/C23H43N5O2/c1-11-6-13-14(23(29)22(11)28-3)7-15-18(26)9-19(27-2)16(21(13)15)8-20-17(25)5-4-12(10-24)30-20/h4,11,13-23,27-29H,5-10,24-26H2,1-3H3. The zero-order valence-electron chi connectivity index (χ0n) is 18.8. The summed E-state index contributed by atoms with van der Waals surface area (Å²) in [5.41, 5.74) is 19.1. The highest BCUT2D eigenvalue weighted by atomic mass is 16.5. The van der Waals surface area contributed by atoms with Crippen LogP contribution in [0.2, 0.25) is 0 Å². The van der Waals surface area contributed by atoms with Gasteiger partial charge in [-0.1, -0.05) is 6.92 Å². The number of hydrogen-bond acceptors (Lipinski definition) is 7. The van der Waals surface area contributed by atoms with Gasteiger partial charge in [0.05, 0.1) is 12.6 Å². The second-order valence-corrected chi connectivity index (χ2v) is 10.4. The molecule has 3 fully saturated rings. The minimum atomic E-state index is -0.296. The maximum absolute atomic E-state index is 11.2. The van der Waals surface area contributed by atoms with Gasteiger partial charge in [-0.2, -0.15) is 0 Å². The summed E-state index contributed by atoms with van der Waals surface area (Å²) in [4.78, 5) is 0. The van der Waals surface area contributed by atoms with E-state index >= 15 is 0 Å². The van der Waals surface area contributed by atoms with E-state index in [0.717, 1.165) is 37.9 Å². The number of rotatable bonds is 5. The number of nitrogens with two attached hydrogens (primary N) is 3. The molecule has 0 aromatic heterocycles. The maximum atomic E-state index is 11.2. The zero-order chi connectivity index (χ0) is 21.6. The van der Waals surface area contributed by atoms with Crippen LogP contribution in [0, 0.1) is 35.5 Å². The lowest BCUT2D eigenvalue weighted by Gasteiger charge is -2.49. The first kappa shape index (κ1) is 22.5. The van der Waals surface area contributed by atoms with E-state index in [1.165, 1.54) is 0 Å². The zero-order valence-corrected chi connectivity index (χ0v) is 18.8. The number of fused-ring (bicyclic) bond motifs is 3. The summed E-state index contributed by atoms with van der Waals surface area (Å²) < 4.78 is 6.22. The Balaban J connectivity index is 1.60. The summed E-state index contributed by atoms with van der Waals surface area (Å²) in [7, 11) is 4.03. The fourth-order valence-electron chi connectivity index (χ4n) is 7.64. The van der Waals surface area contributed by atoms with Gasteiger partial charge in [-0.3, -0.25) is 0 Å². The SMILES string of the molecule is CNC1CC(N)C2CC3C(O)C(NC)C(C)CC3C2C1CC1OC(CN)=CCC1N. The van der Waals surface area contributed by atoms with Crippen molar-refractivity contribution in [1.29, 1.82) is 0 Å². The molecule has 7 heteroatoms. The van der Waals surface area contributed by atoms with Gasteiger partial charge >= 0.3 is 0 Å². The van der Waals surface area contributed by atoms with Crippen molar-refractivity contribution < 1.29 is 9.84 Å². The summed E-state index contributed by atoms with van der Waals surface area (Å²) in [6.45, 7) is 2.71. The first-order valence-corrected chi connectivity index (χ1v) is 12.0. The van der Waals surface area contributed by atoms with Crippen LogP contribution in [0.5, 0.6) is 0 Å². The summed E-state index contributed by atoms with van der Waals surface area (Å²) in [5.74, 6) is 3.60. The van der Waals surface area contributed by atoms with Crippen molar-refractivity contribution in [1.82, 2.24) is 10.6 Å². The van der Waals surface area contributed by atoms with Gasteiger partial charge in [0.2, 0.25) is 0 Å². The summed E-state index contributed by atoms with van der Waals surface area (Å²) >= 11 is 0. The predicted molar refractivity (Wildman–Crippen MR) is 119 cm³/mol. The first-order chi connectivity index (χ1) is 14.4. The number of aliphatic hydroxyl groups is 1. The lowest BCUT2D eigenvalue weighted by atomic mass is 9.61. The summed E-state index contributed by atoms with van der Waals surface area (Å²) in [5, 5.41) is 18.1. The minimum absolute atomic E-state index is 0.000538. The molecule has 12 unspecified atom stereocenters. The molecule has 3 saturated carbocycles. The molecule has 0 saturated heterocycles. The van der Waals surface area contributed by atoms with E-state index in [1.807, 2.05) is 13.1 Å². The average molecular weight is 422 g/mol. The second-order valence-electron chi connectivity index (χ2n) is 10.4. The quantitative estimate of drug-likeness (QED) is 0.372. The third-order valence-electron chi connectivity index (χ3n) is 9.04. The van der Waals surface area contributed by atoms with E-state index in [1.54, 1.807) is 0 Å². The van der Waals surface area contributed by atoms with Crippen LogP contribution in [0.4, 0.5) is 0 Å². The maximum Gasteiger partial charge on any atom is 0.114 e. The molecule has 1 aliphatic heterocycles. The Labute approximate surface area is 181 Å². The Morgan fingerprint density at radius 1 is 1.07 bits per heavy atom. The van der Waals surface area contributed by atoms with Crippen LogP contribution < -0.4 is 27.8 Å². The van der Waals surface area contributed by atoms with E-state index in [2.05, 4.69) is 24.6 Å². The molecular formula is C23H43N5O2. The molecule has 0 radical (unpaired) electrons. The van der Waals surface area contributed by atoms with Crippen molar-refractivity contribution in [3.8, 4) is 0 Å². The van der Waals surface area contributed by atoms with Crippen molar-refractivity contribution in [2.45, 2.75) is 75.4 Å². The molecule has 0 spiro atoms. The minimum Gasteiger partial charge on any atom is -0.492 e. The van der Waals surface area contributed by atoms with E-state index in [-0.39, 0.29) is 30.3 Å². The van der Waals surface area contributed by atoms with Crippen LogP contribution in [0.3, 0.4) is 0 Å². The molecule has 3 aliphatic carbocycles. The largest absolute Gasteiger partial charge is 0.492 e. The molecular weight excluding hydrogens is 378 g/mol. The van der Waals surface area contributed by atoms with Crippen molar-refractivity contribution in [2.24, 2.45) is 52.7 Å². The molecule has 12 atom stereocenters. The van der Waals surface area contributed by atoms with Gasteiger partial charge in [0, 0.05) is 24.2 Å². The van der Waals surface area contributed by atoms with Crippen LogP contribution in [0.25, 0.3) is 0 Å². The van der Waals surface area contributed by atoms with Gasteiger partial charge in [-0.15, -0.1) is 0 Å². The molecule has 4 aliphatic rings. The highest BCUT2D eigenvalue weighted by Crippen LogP contribution is 2.57. The van der Waals surface area contributed by atoms with Crippen molar-refractivity contribution in [3.63, 3.8) is 0 Å². The predicted octanol–water partition coefficient (Wildman–Crippen LogP) is 0.128. The van der Waals surface area contributed by atoms with E-state index in [9.17, 15) is 5.11 Å². The van der Waals surface area contributed by atoms with E-state index in [0.29, 0.717) is 48.1 Å². The first-order valence-electron chi connectivity index (χ1n) is 12.0. The summed E-state index contributed by atoms with van der Waals surface area (Å²) in [6.07, 6.45) is 6.67. The topological polar surface area (TPSA) is 132 Å². The number of likely N-dealkylation sites (N-methyl/N-ethyl adjacent to an activating group) is 1. The lowest BCUT2D eigenvalue weighted by Crippen LogP contribution is -2.56. The van der Waals surface area contributed by atoms with Gasteiger partial charge < -0.3 is 37.7 Å². The van der Waals surface area contributed by atoms with Gasteiger partial charge in [0.15, 0.2) is 0 Å². The van der Waals surface area contributed by atoms with Crippen LogP contribution in [0.1, 0.15) is 39.0 Å². The van der Waals surface area contributed by atoms with Crippen molar-refractivity contribution in [2.75, 3.05) is 20.6 Å². The fourth-order valence-corrected chi connectivity index (χ4v) is 7.64. The molecule has 172 valence electrons. The lowest BCUT2D eigenvalue weighted by molar-refractivity contribution is -0.0348. The number of ether oxygens (including phenoxy) is 1. The van der Waals surface area contributed by atoms with Gasteiger partial charge in [0.1, 0.15) is 11.9 Å². The normalized spacial score (nSPS) is 51.0. The third kappa shape index (κ3) is 3.82. The molecule has 0 aromatic carbocycles. The highest BCUT2D eigenvalue weighted by Gasteiger charge is 2.58. The number of hydrogen-bond donors (Lipinski definition) is 6. The monoisotopic (exact) mass is 421 g/mol. The van der Waals surface area contributed by atoms with Crippen molar-refractivity contribution in [3.05, 3.63) is 11.8 Å². The molecule has 30 heavy (non-hydrogen) atoms. The van der Waals surface area contributed by atoms with Gasteiger partial charge in [-0.25, -0.2) is 0 Å². The third-order valence-corrected chi connectivity index (χ3v) is 9.04. The van der Waals surface area contributed by atoms with Crippen LogP contribution in [-0.2, 0) is 4.74 Å². The van der Waals surface area contributed by atoms with Crippen LogP contribution >= 0.6 is 0 Å². The molecule has 7 nitrogen and oxygen atoms in total. The molecule has 0 bridgehead atoms. The van der Waals surface area contributed by atoms with E-state index < -0.39 is 0 Å². The van der Waals surface area contributed by atoms with E-state index in [4.69, 9.17) is 21.9 Å². The highest BCUT2D eigenvalue weighted by molar-refractivity contribution is 5.11. The molecule has 4 rings (SSSR count). The Morgan fingerprint density at radius 2 is 1.83 bits per heavy atom. The average Bonchev–Trinajstić information content (AvgIpc) is 3.12. The molecule has 1 heterocycles. The Kier molecular flexibility index (Phi) is 6.78. The molecule has 0 amide bonds. The van der Waals surface area contributed by atoms with Crippen LogP contribution in [0.15, 0.2) is 11.8 Å². The number of aliphatic hydroxyl groups excluding tert-OH is 1. The van der Waals surface area contributed by atoms with Gasteiger partial charge in [0.25, 0.3) is 0 Å². The van der Waals surface area contributed by atoms with Crippen LogP contribution in [-0.4, -0.2) is 62.1 Å². The van der Waals surface area contributed by atoms with Gasteiger partial charge in [-0.05, 0) is 87.8 Å². The molecule has 0 aromatic rings. The Morgan fingerprint density at radius 3 is 2.50 bits per heavy atom. The van der Waals surface area contributed by atoms with Crippen molar-refractivity contribution >= 4 is 0 Å². The smallest absolute Gasteiger partial charge is 0.114 e. The Bertz CT molecular complexity index is 631. The Hall–Kier alpha value is -0.700. The summed E-state index contributed by atoms with van der Waals surface area (Å²) in [6, 6.07) is 0.727.